The quantitative estimate of drug-likeness (QED) is 0.423. The Hall–Kier alpha value is -2.24. The van der Waals surface area contributed by atoms with Gasteiger partial charge < -0.3 is 9.47 Å². The van der Waals surface area contributed by atoms with Gasteiger partial charge in [0.1, 0.15) is 10.8 Å². The molecule has 6 nitrogen and oxygen atoms in total. The zero-order valence-electron chi connectivity index (χ0n) is 10.6. The van der Waals surface area contributed by atoms with Crippen LogP contribution in [-0.4, -0.2) is 23.9 Å². The van der Waals surface area contributed by atoms with Gasteiger partial charge >= 0.3 is 23.9 Å². The first-order valence-electron chi connectivity index (χ1n) is 6.21. The lowest BCUT2D eigenvalue weighted by Gasteiger charge is -2.54. The Kier molecular flexibility index (Phi) is 2.33. The minimum absolute atomic E-state index is 0.0914. The molecular formula is C14H12O6. The molecular weight excluding hydrogens is 264 g/mol. The maximum Gasteiger partial charge on any atom is 0.321 e. The van der Waals surface area contributed by atoms with Crippen LogP contribution < -0.4 is 0 Å². The lowest BCUT2D eigenvalue weighted by Crippen LogP contribution is -2.67. The number of hydrogen-bond donors (Lipinski definition) is 0. The summed E-state index contributed by atoms with van der Waals surface area (Å²) in [5.41, 5.74) is -2.68. The summed E-state index contributed by atoms with van der Waals surface area (Å²) < 4.78 is 9.38. The van der Waals surface area contributed by atoms with E-state index in [0.29, 0.717) is 0 Å². The van der Waals surface area contributed by atoms with Gasteiger partial charge in [-0.15, -0.1) is 13.2 Å². The molecule has 0 unspecified atom stereocenters. The maximum atomic E-state index is 12.1. The van der Waals surface area contributed by atoms with Crippen molar-refractivity contribution in [3.8, 4) is 0 Å². The number of cyclic esters (lactones) is 4. The van der Waals surface area contributed by atoms with Gasteiger partial charge in [0.25, 0.3) is 0 Å². The standard InChI is InChI=1S/C14H12O6/c1-3-5-13-7(9(15)19-11(13)17)14(6-4-2)8(13)10(16)20-12(14)18/h3-4,7-8H,1-2,5-6H2. The number of carbonyl (C=O) groups excluding carboxylic acids is 4. The van der Waals surface area contributed by atoms with Crippen LogP contribution >= 0.6 is 0 Å². The van der Waals surface area contributed by atoms with Crippen LogP contribution in [0.5, 0.6) is 0 Å². The predicted octanol–water partition coefficient (Wildman–Crippen LogP) is 0.524. The molecule has 104 valence electrons. The number of fused-ring (bicyclic) bond motifs is 4. The summed E-state index contributed by atoms with van der Waals surface area (Å²) in [7, 11) is 0. The van der Waals surface area contributed by atoms with Gasteiger partial charge in [0, 0.05) is 0 Å². The number of ether oxygens (including phenoxy) is 2. The molecule has 3 rings (SSSR count). The molecule has 0 radical (unpaired) electrons. The summed E-state index contributed by atoms with van der Waals surface area (Å²) in [6.07, 6.45) is 3.07. The third kappa shape index (κ3) is 1.03. The van der Waals surface area contributed by atoms with Crippen molar-refractivity contribution in [2.75, 3.05) is 0 Å². The van der Waals surface area contributed by atoms with Crippen LogP contribution in [0, 0.1) is 22.7 Å². The van der Waals surface area contributed by atoms with E-state index in [1.807, 2.05) is 0 Å². The first kappa shape index (κ1) is 12.8. The zero-order valence-corrected chi connectivity index (χ0v) is 10.6. The predicted molar refractivity (Wildman–Crippen MR) is 63.7 cm³/mol. The van der Waals surface area contributed by atoms with Gasteiger partial charge in [-0.25, -0.2) is 0 Å². The Balaban J connectivity index is 2.20. The van der Waals surface area contributed by atoms with Gasteiger partial charge in [0.2, 0.25) is 0 Å². The summed E-state index contributed by atoms with van der Waals surface area (Å²) in [5, 5.41) is 0. The smallest absolute Gasteiger partial charge is 0.321 e. The zero-order chi connectivity index (χ0) is 14.7. The molecule has 0 atom stereocenters. The summed E-state index contributed by atoms with van der Waals surface area (Å²) in [6, 6.07) is 0. The van der Waals surface area contributed by atoms with Crippen LogP contribution in [0.1, 0.15) is 12.8 Å². The molecule has 6 heteroatoms. The number of allylic oxidation sites excluding steroid dienone is 2. The Morgan fingerprint density at radius 3 is 1.50 bits per heavy atom. The van der Waals surface area contributed by atoms with Crippen LogP contribution in [0.2, 0.25) is 0 Å². The minimum Gasteiger partial charge on any atom is -0.392 e. The van der Waals surface area contributed by atoms with E-state index in [1.54, 1.807) is 0 Å². The molecule has 0 amide bonds. The molecule has 3 fully saturated rings. The molecule has 1 aliphatic carbocycles. The van der Waals surface area contributed by atoms with E-state index in [2.05, 4.69) is 22.6 Å². The molecule has 0 spiro atoms. The molecule has 0 N–H and O–H groups in total. The Labute approximate surface area is 114 Å². The average Bonchev–Trinajstić information content (AvgIpc) is 2.67. The second-order valence-corrected chi connectivity index (χ2v) is 5.35. The van der Waals surface area contributed by atoms with Crippen molar-refractivity contribution < 1.29 is 28.7 Å². The van der Waals surface area contributed by atoms with Gasteiger partial charge in [-0.2, -0.15) is 0 Å². The van der Waals surface area contributed by atoms with Gasteiger partial charge in [-0.3, -0.25) is 19.2 Å². The fraction of sp³-hybridized carbons (Fsp3) is 0.429. The molecule has 1 saturated carbocycles. The highest BCUT2D eigenvalue weighted by atomic mass is 16.6. The summed E-state index contributed by atoms with van der Waals surface area (Å²) in [6.45, 7) is 7.10. The lowest BCUT2D eigenvalue weighted by molar-refractivity contribution is -0.186. The molecule has 20 heavy (non-hydrogen) atoms. The largest absolute Gasteiger partial charge is 0.392 e. The van der Waals surface area contributed by atoms with Crippen molar-refractivity contribution in [2.24, 2.45) is 22.7 Å². The normalized spacial score (nSPS) is 41.4. The van der Waals surface area contributed by atoms with Crippen LogP contribution in [0.3, 0.4) is 0 Å². The number of esters is 4. The summed E-state index contributed by atoms with van der Waals surface area (Å²) >= 11 is 0. The van der Waals surface area contributed by atoms with E-state index in [1.165, 1.54) is 12.2 Å². The van der Waals surface area contributed by atoms with Crippen molar-refractivity contribution in [3.63, 3.8) is 0 Å². The van der Waals surface area contributed by atoms with E-state index >= 15 is 0 Å². The van der Waals surface area contributed by atoms with Crippen molar-refractivity contribution >= 4 is 23.9 Å². The van der Waals surface area contributed by atoms with Crippen molar-refractivity contribution in [2.45, 2.75) is 12.8 Å². The molecule has 3 aliphatic rings. The molecule has 2 aliphatic heterocycles. The van der Waals surface area contributed by atoms with Gasteiger partial charge in [-0.05, 0) is 12.8 Å². The van der Waals surface area contributed by atoms with E-state index in [4.69, 9.17) is 0 Å². The Morgan fingerprint density at radius 1 is 0.850 bits per heavy atom. The maximum absolute atomic E-state index is 12.1. The second-order valence-electron chi connectivity index (χ2n) is 5.35. The minimum atomic E-state index is -1.34. The molecule has 2 heterocycles. The van der Waals surface area contributed by atoms with Crippen LogP contribution in [0.15, 0.2) is 25.3 Å². The topological polar surface area (TPSA) is 86.7 Å². The highest BCUT2D eigenvalue weighted by Gasteiger charge is 2.88. The third-order valence-corrected chi connectivity index (χ3v) is 4.64. The average molecular weight is 276 g/mol. The van der Waals surface area contributed by atoms with E-state index in [9.17, 15) is 19.2 Å². The van der Waals surface area contributed by atoms with E-state index < -0.39 is 46.5 Å². The van der Waals surface area contributed by atoms with Gasteiger partial charge in [0.05, 0.1) is 11.8 Å². The Morgan fingerprint density at radius 2 is 1.20 bits per heavy atom. The van der Waals surface area contributed by atoms with Crippen LogP contribution in [0.25, 0.3) is 0 Å². The van der Waals surface area contributed by atoms with Crippen LogP contribution in [-0.2, 0) is 28.7 Å². The fourth-order valence-corrected chi connectivity index (χ4v) is 4.08. The first-order valence-corrected chi connectivity index (χ1v) is 6.21. The molecule has 0 aromatic heterocycles. The lowest BCUT2D eigenvalue weighted by atomic mass is 9.38. The van der Waals surface area contributed by atoms with Gasteiger partial charge in [0.15, 0.2) is 0 Å². The molecule has 2 saturated heterocycles. The molecule has 0 aromatic rings. The fourth-order valence-electron chi connectivity index (χ4n) is 4.08. The summed E-state index contributed by atoms with van der Waals surface area (Å²) in [5.74, 6) is -5.10. The third-order valence-electron chi connectivity index (χ3n) is 4.64. The molecule has 0 aromatic carbocycles. The van der Waals surface area contributed by atoms with E-state index in [0.717, 1.165) is 0 Å². The first-order chi connectivity index (χ1) is 9.46. The van der Waals surface area contributed by atoms with Crippen molar-refractivity contribution in [1.82, 2.24) is 0 Å². The monoisotopic (exact) mass is 276 g/mol. The number of rotatable bonds is 4. The van der Waals surface area contributed by atoms with E-state index in [-0.39, 0.29) is 12.8 Å². The Bertz CT molecular complexity index is 526. The SMILES string of the molecule is C=CCC12C(=O)OC(=O)C1C1(CC=C)C(=O)OC(=O)C21. The second kappa shape index (κ2) is 3.65. The summed E-state index contributed by atoms with van der Waals surface area (Å²) in [4.78, 5) is 48.1. The van der Waals surface area contributed by atoms with Crippen LogP contribution in [0.4, 0.5) is 0 Å². The molecule has 0 bridgehead atoms. The van der Waals surface area contributed by atoms with Crippen molar-refractivity contribution in [3.05, 3.63) is 25.3 Å². The highest BCUT2D eigenvalue weighted by molar-refractivity contribution is 6.14. The number of hydrogen-bond acceptors (Lipinski definition) is 6. The highest BCUT2D eigenvalue weighted by Crippen LogP contribution is 2.73. The number of carbonyl (C=O) groups is 4. The van der Waals surface area contributed by atoms with Gasteiger partial charge in [-0.1, -0.05) is 12.2 Å². The van der Waals surface area contributed by atoms with Crippen molar-refractivity contribution in [1.29, 1.82) is 0 Å².